The number of carbonyl (C=O) groups excluding carboxylic acids is 1. The summed E-state index contributed by atoms with van der Waals surface area (Å²) < 4.78 is 5.67. The van der Waals surface area contributed by atoms with Crippen LogP contribution in [0, 0.1) is 0 Å². The van der Waals surface area contributed by atoms with Gasteiger partial charge in [0.25, 0.3) is 5.22 Å². The highest BCUT2D eigenvalue weighted by Gasteiger charge is 2.16. The van der Waals surface area contributed by atoms with E-state index in [1.54, 1.807) is 6.07 Å². The maximum atomic E-state index is 12.6. The minimum atomic E-state index is -0.980. The average molecular weight is 469 g/mol. The summed E-state index contributed by atoms with van der Waals surface area (Å²) in [6, 6.07) is 10.9. The number of unbranched alkanes of at least 4 members (excludes halogenated alkanes) is 2. The number of fused-ring (bicyclic) bond motifs is 1. The van der Waals surface area contributed by atoms with Gasteiger partial charge in [0.2, 0.25) is 5.91 Å². The number of nitrogens with zero attached hydrogens (tertiary/aromatic N) is 1. The van der Waals surface area contributed by atoms with Crippen LogP contribution in [0.2, 0.25) is 0 Å². The Hall–Kier alpha value is -2.80. The molecule has 0 spiro atoms. The van der Waals surface area contributed by atoms with Gasteiger partial charge in [0, 0.05) is 17.9 Å². The van der Waals surface area contributed by atoms with E-state index in [0.29, 0.717) is 34.6 Å². The van der Waals surface area contributed by atoms with E-state index in [4.69, 9.17) is 9.52 Å². The summed E-state index contributed by atoms with van der Waals surface area (Å²) >= 11 is 1.51. The van der Waals surface area contributed by atoms with Gasteiger partial charge in [-0.3, -0.25) is 4.79 Å². The van der Waals surface area contributed by atoms with Crippen molar-refractivity contribution in [2.75, 3.05) is 11.1 Å². The minimum Gasteiger partial charge on any atom is -0.478 e. The van der Waals surface area contributed by atoms with Gasteiger partial charge in [-0.15, -0.1) is 0 Å². The van der Waals surface area contributed by atoms with Gasteiger partial charge in [-0.2, -0.15) is 0 Å². The van der Waals surface area contributed by atoms with Crippen molar-refractivity contribution in [3.8, 4) is 0 Å². The highest BCUT2D eigenvalue weighted by atomic mass is 32.2. The summed E-state index contributed by atoms with van der Waals surface area (Å²) in [5, 5.41) is 12.8. The van der Waals surface area contributed by atoms with Crippen molar-refractivity contribution in [1.82, 2.24) is 4.98 Å². The van der Waals surface area contributed by atoms with E-state index in [-0.39, 0.29) is 11.5 Å². The van der Waals surface area contributed by atoms with E-state index < -0.39 is 5.97 Å². The lowest BCUT2D eigenvalue weighted by atomic mass is 9.92. The maximum absolute atomic E-state index is 12.6. The van der Waals surface area contributed by atoms with Crippen LogP contribution in [0.25, 0.3) is 11.1 Å². The van der Waals surface area contributed by atoms with E-state index in [0.717, 1.165) is 30.7 Å². The Kier molecular flexibility index (Phi) is 8.55. The van der Waals surface area contributed by atoms with Gasteiger partial charge in [-0.1, -0.05) is 64.1 Å². The predicted molar refractivity (Wildman–Crippen MR) is 133 cm³/mol. The standard InChI is InChI=1S/C26H32N2O4S/c1-16(2)19-9-8-10-20(17(3)4)24(19)28-23(29)11-6-5-7-14-33-26-27-21-15-18(25(30)31)12-13-22(21)32-26/h8-10,12-13,15-17H,5-7,11,14H2,1-4H3,(H,28,29)(H,30,31). The molecule has 7 heteroatoms. The molecule has 0 fully saturated rings. The predicted octanol–water partition coefficient (Wildman–Crippen LogP) is 7.06. The fourth-order valence-electron chi connectivity index (χ4n) is 3.72. The van der Waals surface area contributed by atoms with Gasteiger partial charge >= 0.3 is 5.97 Å². The molecule has 2 aromatic carbocycles. The normalized spacial score (nSPS) is 11.5. The highest BCUT2D eigenvalue weighted by molar-refractivity contribution is 7.99. The number of para-hydroxylation sites is 1. The van der Waals surface area contributed by atoms with E-state index in [1.165, 1.54) is 35.0 Å². The molecule has 0 saturated carbocycles. The van der Waals surface area contributed by atoms with Crippen LogP contribution >= 0.6 is 11.8 Å². The molecule has 0 saturated heterocycles. The number of rotatable bonds is 11. The number of hydrogen-bond acceptors (Lipinski definition) is 5. The number of aromatic nitrogens is 1. The third-order valence-electron chi connectivity index (χ3n) is 5.53. The molecular formula is C26H32N2O4S. The second kappa shape index (κ2) is 11.4. The number of aromatic carboxylic acids is 1. The number of nitrogens with one attached hydrogen (secondary N) is 1. The van der Waals surface area contributed by atoms with Crippen LogP contribution in [0.15, 0.2) is 46.0 Å². The van der Waals surface area contributed by atoms with Crippen LogP contribution < -0.4 is 5.32 Å². The van der Waals surface area contributed by atoms with Crippen molar-refractivity contribution in [2.24, 2.45) is 0 Å². The van der Waals surface area contributed by atoms with Gasteiger partial charge in [0.05, 0.1) is 5.56 Å². The van der Waals surface area contributed by atoms with Crippen molar-refractivity contribution < 1.29 is 19.1 Å². The number of amides is 1. The lowest BCUT2D eigenvalue weighted by Gasteiger charge is -2.20. The molecule has 176 valence electrons. The first-order chi connectivity index (χ1) is 15.8. The number of anilines is 1. The number of benzene rings is 2. The topological polar surface area (TPSA) is 92.4 Å². The van der Waals surface area contributed by atoms with Crippen LogP contribution in [-0.2, 0) is 4.79 Å². The van der Waals surface area contributed by atoms with Crippen molar-refractivity contribution in [3.63, 3.8) is 0 Å². The molecular weight excluding hydrogens is 436 g/mol. The Morgan fingerprint density at radius 1 is 1.03 bits per heavy atom. The summed E-state index contributed by atoms with van der Waals surface area (Å²) in [5.41, 5.74) is 4.67. The fourth-order valence-corrected chi connectivity index (χ4v) is 4.56. The molecule has 3 rings (SSSR count). The number of carboxylic acid groups (broad SMARTS) is 1. The zero-order valence-electron chi connectivity index (χ0n) is 19.7. The Morgan fingerprint density at radius 2 is 1.73 bits per heavy atom. The lowest BCUT2D eigenvalue weighted by molar-refractivity contribution is -0.116. The third-order valence-corrected chi connectivity index (χ3v) is 6.44. The van der Waals surface area contributed by atoms with Crippen molar-refractivity contribution in [1.29, 1.82) is 0 Å². The summed E-state index contributed by atoms with van der Waals surface area (Å²) in [4.78, 5) is 28.0. The first-order valence-corrected chi connectivity index (χ1v) is 12.4. The van der Waals surface area contributed by atoms with Gasteiger partial charge in [-0.25, -0.2) is 9.78 Å². The molecule has 1 heterocycles. The Labute approximate surface area is 199 Å². The summed E-state index contributed by atoms with van der Waals surface area (Å²) in [5.74, 6) is 0.600. The van der Waals surface area contributed by atoms with Crippen molar-refractivity contribution in [2.45, 2.75) is 70.4 Å². The van der Waals surface area contributed by atoms with Crippen molar-refractivity contribution >= 4 is 40.4 Å². The van der Waals surface area contributed by atoms with Crippen LogP contribution in [0.4, 0.5) is 5.69 Å². The molecule has 3 aromatic rings. The molecule has 0 aliphatic rings. The first-order valence-electron chi connectivity index (χ1n) is 11.5. The van der Waals surface area contributed by atoms with E-state index in [1.807, 2.05) is 0 Å². The average Bonchev–Trinajstić information content (AvgIpc) is 3.17. The molecule has 0 radical (unpaired) electrons. The second-order valence-electron chi connectivity index (χ2n) is 8.80. The second-order valence-corrected chi connectivity index (χ2v) is 9.84. The number of carbonyl (C=O) groups is 2. The van der Waals surface area contributed by atoms with Crippen LogP contribution in [-0.4, -0.2) is 27.7 Å². The summed E-state index contributed by atoms with van der Waals surface area (Å²) in [6.07, 6.45) is 3.20. The Morgan fingerprint density at radius 3 is 2.36 bits per heavy atom. The van der Waals surface area contributed by atoms with Crippen LogP contribution in [0.3, 0.4) is 0 Å². The molecule has 0 aliphatic carbocycles. The smallest absolute Gasteiger partial charge is 0.335 e. The molecule has 0 unspecified atom stereocenters. The van der Waals surface area contributed by atoms with Gasteiger partial charge in [-0.05, 0) is 54.0 Å². The Bertz CT molecular complexity index is 1090. The number of carboxylic acids is 1. The maximum Gasteiger partial charge on any atom is 0.335 e. The largest absolute Gasteiger partial charge is 0.478 e. The van der Waals surface area contributed by atoms with Gasteiger partial charge in [0.1, 0.15) is 5.52 Å². The number of hydrogen-bond donors (Lipinski definition) is 2. The van der Waals surface area contributed by atoms with E-state index in [9.17, 15) is 9.59 Å². The first kappa shape index (κ1) is 24.8. The van der Waals surface area contributed by atoms with E-state index in [2.05, 4.69) is 56.2 Å². The molecule has 6 nitrogen and oxygen atoms in total. The molecule has 2 N–H and O–H groups in total. The van der Waals surface area contributed by atoms with Crippen LogP contribution in [0.1, 0.15) is 86.7 Å². The van der Waals surface area contributed by atoms with Crippen LogP contribution in [0.5, 0.6) is 0 Å². The monoisotopic (exact) mass is 468 g/mol. The Balaban J connectivity index is 1.44. The zero-order valence-corrected chi connectivity index (χ0v) is 20.5. The minimum absolute atomic E-state index is 0.0610. The lowest BCUT2D eigenvalue weighted by Crippen LogP contribution is -2.15. The van der Waals surface area contributed by atoms with Gasteiger partial charge in [0.15, 0.2) is 5.58 Å². The molecule has 1 amide bonds. The summed E-state index contributed by atoms with van der Waals surface area (Å²) in [6.45, 7) is 8.59. The molecule has 33 heavy (non-hydrogen) atoms. The quantitative estimate of drug-likeness (QED) is 0.231. The van der Waals surface area contributed by atoms with Crippen molar-refractivity contribution in [3.05, 3.63) is 53.1 Å². The molecule has 0 aliphatic heterocycles. The van der Waals surface area contributed by atoms with E-state index >= 15 is 0 Å². The molecule has 0 bridgehead atoms. The zero-order chi connectivity index (χ0) is 24.0. The number of oxazole rings is 1. The third kappa shape index (κ3) is 6.60. The fraction of sp³-hybridized carbons (Fsp3) is 0.423. The summed E-state index contributed by atoms with van der Waals surface area (Å²) in [7, 11) is 0. The SMILES string of the molecule is CC(C)c1cccc(C(C)C)c1NC(=O)CCCCCSc1nc2cc(C(=O)O)ccc2o1. The molecule has 0 atom stereocenters. The number of thioether (sulfide) groups is 1. The molecule has 1 aromatic heterocycles. The highest BCUT2D eigenvalue weighted by Crippen LogP contribution is 2.32. The van der Waals surface area contributed by atoms with Gasteiger partial charge < -0.3 is 14.8 Å².